The van der Waals surface area contributed by atoms with Gasteiger partial charge in [-0.05, 0) is 42.0 Å². The van der Waals surface area contributed by atoms with E-state index in [4.69, 9.17) is 15.4 Å². The van der Waals surface area contributed by atoms with E-state index in [-0.39, 0.29) is 11.5 Å². The predicted octanol–water partition coefficient (Wildman–Crippen LogP) is 3.47. The Morgan fingerprint density at radius 1 is 1.00 bits per heavy atom. The highest BCUT2D eigenvalue weighted by Gasteiger charge is 2.09. The quantitative estimate of drug-likeness (QED) is 0.811. The first-order valence-corrected chi connectivity index (χ1v) is 7.78. The Morgan fingerprint density at radius 2 is 1.65 bits per heavy atom. The van der Waals surface area contributed by atoms with E-state index in [9.17, 15) is 17.2 Å². The summed E-state index contributed by atoms with van der Waals surface area (Å²) in [5.41, 5.74) is 0.456. The monoisotopic (exact) mass is 318 g/mol. The lowest BCUT2D eigenvalue weighted by Crippen LogP contribution is -1.97. The molecule has 0 unspecified atom stereocenters. The molecule has 0 bridgehead atoms. The highest BCUT2D eigenvalue weighted by atomic mass is 35.7. The van der Waals surface area contributed by atoms with Crippen LogP contribution in [0.15, 0.2) is 47.4 Å². The molecule has 0 heterocycles. The lowest BCUT2D eigenvalue weighted by molar-refractivity contribution is 0.305. The van der Waals surface area contributed by atoms with Gasteiger partial charge in [-0.1, -0.05) is 6.07 Å². The lowest BCUT2D eigenvalue weighted by Gasteiger charge is -2.07. The van der Waals surface area contributed by atoms with E-state index < -0.39 is 20.7 Å². The first kappa shape index (κ1) is 14.7. The molecule has 0 fully saturated rings. The van der Waals surface area contributed by atoms with Gasteiger partial charge in [-0.25, -0.2) is 17.2 Å². The van der Waals surface area contributed by atoms with Crippen molar-refractivity contribution in [3.05, 3.63) is 59.7 Å². The zero-order valence-electron chi connectivity index (χ0n) is 10.0. The summed E-state index contributed by atoms with van der Waals surface area (Å²) < 4.78 is 53.1. The average molecular weight is 319 g/mol. The molecule has 0 saturated carbocycles. The summed E-state index contributed by atoms with van der Waals surface area (Å²) in [6.07, 6.45) is 0. The van der Waals surface area contributed by atoms with Gasteiger partial charge >= 0.3 is 0 Å². The predicted molar refractivity (Wildman–Crippen MR) is 70.2 cm³/mol. The lowest BCUT2D eigenvalue weighted by atomic mass is 10.2. The summed E-state index contributed by atoms with van der Waals surface area (Å²) in [7, 11) is 1.40. The molecule has 3 nitrogen and oxygen atoms in total. The van der Waals surface area contributed by atoms with Gasteiger partial charge in [0.15, 0.2) is 11.6 Å². The number of rotatable bonds is 4. The van der Waals surface area contributed by atoms with Crippen LogP contribution in [0.5, 0.6) is 5.75 Å². The van der Waals surface area contributed by atoms with Gasteiger partial charge in [-0.15, -0.1) is 0 Å². The molecule has 0 atom stereocenters. The van der Waals surface area contributed by atoms with Crippen LogP contribution in [0.3, 0.4) is 0 Å². The van der Waals surface area contributed by atoms with E-state index in [0.717, 1.165) is 12.1 Å². The SMILES string of the molecule is O=S(=O)(Cl)c1ccc(OCc2ccc(F)c(F)c2)cc1. The summed E-state index contributed by atoms with van der Waals surface area (Å²) in [5, 5.41) is 0. The molecular weight excluding hydrogens is 310 g/mol. The molecule has 2 aromatic rings. The van der Waals surface area contributed by atoms with E-state index in [2.05, 4.69) is 0 Å². The number of hydrogen-bond donors (Lipinski definition) is 0. The van der Waals surface area contributed by atoms with Gasteiger partial charge in [0.05, 0.1) is 4.90 Å². The van der Waals surface area contributed by atoms with E-state index >= 15 is 0 Å². The van der Waals surface area contributed by atoms with Gasteiger partial charge < -0.3 is 4.74 Å². The molecule has 0 aliphatic heterocycles. The summed E-state index contributed by atoms with van der Waals surface area (Å²) in [6, 6.07) is 8.89. The molecule has 0 saturated heterocycles. The fourth-order valence-electron chi connectivity index (χ4n) is 1.49. The van der Waals surface area contributed by atoms with Crippen LogP contribution < -0.4 is 4.74 Å². The van der Waals surface area contributed by atoms with Crippen molar-refractivity contribution in [3.63, 3.8) is 0 Å². The van der Waals surface area contributed by atoms with Gasteiger partial charge in [0, 0.05) is 10.7 Å². The van der Waals surface area contributed by atoms with Crippen LogP contribution in [-0.4, -0.2) is 8.42 Å². The molecule has 0 aliphatic carbocycles. The van der Waals surface area contributed by atoms with Crippen molar-refractivity contribution < 1.29 is 21.9 Å². The normalized spacial score (nSPS) is 11.3. The summed E-state index contributed by atoms with van der Waals surface area (Å²) in [5.74, 6) is -1.49. The van der Waals surface area contributed by atoms with Gasteiger partial charge in [-0.3, -0.25) is 0 Å². The molecule has 0 amide bonds. The van der Waals surface area contributed by atoms with Crippen molar-refractivity contribution in [2.24, 2.45) is 0 Å². The van der Waals surface area contributed by atoms with Gasteiger partial charge in [0.25, 0.3) is 9.05 Å². The third-order valence-electron chi connectivity index (χ3n) is 2.49. The Balaban J connectivity index is 2.06. The minimum Gasteiger partial charge on any atom is -0.489 e. The van der Waals surface area contributed by atoms with Crippen LogP contribution in [0.1, 0.15) is 5.56 Å². The van der Waals surface area contributed by atoms with Crippen LogP contribution in [0.4, 0.5) is 8.78 Å². The van der Waals surface area contributed by atoms with E-state index in [1.54, 1.807) is 0 Å². The molecule has 0 aromatic heterocycles. The van der Waals surface area contributed by atoms with Crippen LogP contribution in [0.25, 0.3) is 0 Å². The second-order valence-electron chi connectivity index (χ2n) is 3.95. The first-order chi connectivity index (χ1) is 9.36. The first-order valence-electron chi connectivity index (χ1n) is 5.48. The van der Waals surface area contributed by atoms with Gasteiger partial charge in [-0.2, -0.15) is 0 Å². The van der Waals surface area contributed by atoms with Crippen molar-refractivity contribution in [3.8, 4) is 5.75 Å². The maximum absolute atomic E-state index is 13.0. The smallest absolute Gasteiger partial charge is 0.261 e. The third-order valence-corrected chi connectivity index (χ3v) is 3.86. The van der Waals surface area contributed by atoms with Gasteiger partial charge in [0.1, 0.15) is 12.4 Å². The minimum atomic E-state index is -3.77. The maximum atomic E-state index is 13.0. The zero-order valence-corrected chi connectivity index (χ0v) is 11.6. The Labute approximate surface area is 119 Å². The minimum absolute atomic E-state index is 0.0319. The number of halogens is 3. The Kier molecular flexibility index (Phi) is 4.25. The molecule has 106 valence electrons. The van der Waals surface area contributed by atoms with E-state index in [1.165, 1.54) is 30.3 Å². The molecule has 7 heteroatoms. The van der Waals surface area contributed by atoms with Crippen molar-refractivity contribution in [2.45, 2.75) is 11.5 Å². The molecule has 2 rings (SSSR count). The van der Waals surface area contributed by atoms with Crippen molar-refractivity contribution >= 4 is 19.7 Å². The van der Waals surface area contributed by atoms with Crippen LogP contribution in [0, 0.1) is 11.6 Å². The van der Waals surface area contributed by atoms with Gasteiger partial charge in [0.2, 0.25) is 0 Å². The molecule has 2 aromatic carbocycles. The number of ether oxygens (including phenoxy) is 1. The second-order valence-corrected chi connectivity index (χ2v) is 6.51. The van der Waals surface area contributed by atoms with Crippen molar-refractivity contribution in [1.29, 1.82) is 0 Å². The summed E-state index contributed by atoms with van der Waals surface area (Å²) in [4.78, 5) is -0.0423. The zero-order chi connectivity index (χ0) is 14.8. The highest BCUT2D eigenvalue weighted by Crippen LogP contribution is 2.20. The van der Waals surface area contributed by atoms with Crippen molar-refractivity contribution in [2.75, 3.05) is 0 Å². The maximum Gasteiger partial charge on any atom is 0.261 e. The topological polar surface area (TPSA) is 43.4 Å². The summed E-state index contributed by atoms with van der Waals surface area (Å²) >= 11 is 0. The molecule has 0 radical (unpaired) electrons. The molecule has 0 spiro atoms. The molecular formula is C13H9ClF2O3S. The van der Waals surface area contributed by atoms with Crippen LogP contribution >= 0.6 is 10.7 Å². The molecule has 20 heavy (non-hydrogen) atoms. The van der Waals surface area contributed by atoms with Crippen LogP contribution in [-0.2, 0) is 15.7 Å². The van der Waals surface area contributed by atoms with Crippen molar-refractivity contribution in [1.82, 2.24) is 0 Å². The summed E-state index contributed by atoms with van der Waals surface area (Å²) in [6.45, 7) is 0.0319. The number of benzene rings is 2. The fraction of sp³-hybridized carbons (Fsp3) is 0.0769. The highest BCUT2D eigenvalue weighted by molar-refractivity contribution is 8.13. The molecule has 0 N–H and O–H groups in total. The van der Waals surface area contributed by atoms with Crippen LogP contribution in [0.2, 0.25) is 0 Å². The fourth-order valence-corrected chi connectivity index (χ4v) is 2.26. The van der Waals surface area contributed by atoms with E-state index in [1.807, 2.05) is 0 Å². The molecule has 0 aliphatic rings. The largest absolute Gasteiger partial charge is 0.489 e. The Bertz CT molecular complexity index is 715. The van der Waals surface area contributed by atoms with E-state index in [0.29, 0.717) is 11.3 Å². The third kappa shape index (κ3) is 3.68. The number of hydrogen-bond acceptors (Lipinski definition) is 3. The second kappa shape index (κ2) is 5.76. The Morgan fingerprint density at radius 3 is 2.20 bits per heavy atom. The average Bonchev–Trinajstić information content (AvgIpc) is 2.40. The Hall–Kier alpha value is -1.66. The standard InChI is InChI=1S/C13H9ClF2O3S/c14-20(17,18)11-4-2-10(3-5-11)19-8-9-1-6-12(15)13(16)7-9/h1-7H,8H2.